The average molecular weight is 751 g/mol. The molecule has 13 rings (SSSR count). The van der Waals surface area contributed by atoms with Crippen LogP contribution >= 0.6 is 0 Å². The summed E-state index contributed by atoms with van der Waals surface area (Å²) < 4.78 is 13.1. The third-order valence-electron chi connectivity index (χ3n) is 12.9. The fourth-order valence-electron chi connectivity index (χ4n) is 10.4. The smallest absolute Gasteiger partial charge is 0.136 e. The Morgan fingerprint density at radius 3 is 1.75 bits per heavy atom. The fraction of sp³-hybridized carbons (Fsp3) is 0.0175. The molecule has 0 atom stereocenters. The van der Waals surface area contributed by atoms with E-state index >= 15 is 0 Å². The van der Waals surface area contributed by atoms with Crippen molar-refractivity contribution in [2.45, 2.75) is 5.41 Å². The molecule has 2 heteroatoms. The molecule has 0 spiro atoms. The second-order valence-corrected chi connectivity index (χ2v) is 15.9. The minimum atomic E-state index is -0.557. The van der Waals surface area contributed by atoms with Crippen molar-refractivity contribution in [1.29, 1.82) is 0 Å². The minimum Gasteiger partial charge on any atom is -0.456 e. The number of para-hydroxylation sites is 1. The summed E-state index contributed by atoms with van der Waals surface area (Å²) in [5, 5.41) is 9.29. The first-order valence-electron chi connectivity index (χ1n) is 20.3. The minimum absolute atomic E-state index is 0.557. The molecule has 0 radical (unpaired) electrons. The maximum atomic E-state index is 6.56. The van der Waals surface area contributed by atoms with E-state index in [0.717, 1.165) is 60.6 Å². The third kappa shape index (κ3) is 4.51. The molecule has 59 heavy (non-hydrogen) atoms. The van der Waals surface area contributed by atoms with Gasteiger partial charge in [-0.2, -0.15) is 0 Å². The van der Waals surface area contributed by atoms with Crippen molar-refractivity contribution < 1.29 is 8.83 Å². The van der Waals surface area contributed by atoms with Gasteiger partial charge in [0.1, 0.15) is 22.3 Å². The summed E-state index contributed by atoms with van der Waals surface area (Å²) >= 11 is 0. The summed E-state index contributed by atoms with van der Waals surface area (Å²) in [6, 6.07) is 75.3. The van der Waals surface area contributed by atoms with Gasteiger partial charge in [0.05, 0.1) is 5.41 Å². The number of fused-ring (bicyclic) bond motifs is 11. The van der Waals surface area contributed by atoms with Crippen LogP contribution in [0.5, 0.6) is 0 Å². The molecule has 2 heterocycles. The third-order valence-corrected chi connectivity index (χ3v) is 12.9. The summed E-state index contributed by atoms with van der Waals surface area (Å²) in [4.78, 5) is 0. The lowest BCUT2D eigenvalue weighted by atomic mass is 9.67. The normalized spacial score (nSPS) is 13.2. The second-order valence-electron chi connectivity index (χ2n) is 15.9. The molecule has 12 aromatic rings. The van der Waals surface area contributed by atoms with Gasteiger partial charge in [-0.25, -0.2) is 0 Å². The summed E-state index contributed by atoms with van der Waals surface area (Å²) in [6.07, 6.45) is 0. The first-order chi connectivity index (χ1) is 29.2. The van der Waals surface area contributed by atoms with Gasteiger partial charge in [-0.1, -0.05) is 158 Å². The van der Waals surface area contributed by atoms with Gasteiger partial charge in [0, 0.05) is 21.5 Å². The van der Waals surface area contributed by atoms with E-state index in [1.807, 2.05) is 6.07 Å². The lowest BCUT2D eigenvalue weighted by molar-refractivity contribution is 0.669. The molecule has 2 aromatic heterocycles. The van der Waals surface area contributed by atoms with Gasteiger partial charge in [0.15, 0.2) is 0 Å². The molecule has 0 unspecified atom stereocenters. The van der Waals surface area contributed by atoms with Crippen molar-refractivity contribution >= 4 is 65.4 Å². The molecule has 1 aliphatic carbocycles. The van der Waals surface area contributed by atoms with Gasteiger partial charge in [0.25, 0.3) is 0 Å². The number of hydrogen-bond donors (Lipinski definition) is 0. The Labute approximate surface area is 340 Å². The van der Waals surface area contributed by atoms with E-state index in [1.165, 1.54) is 60.5 Å². The molecule has 274 valence electrons. The van der Waals surface area contributed by atoms with E-state index in [1.54, 1.807) is 0 Å². The Bertz CT molecular complexity index is 3620. The van der Waals surface area contributed by atoms with E-state index in [-0.39, 0.29) is 0 Å². The SMILES string of the molecule is c1ccc(C2(c3ccccc3)c3ccccc3-c3c2cc2cc(-c4cccc5oc6cc7ccccc7cc6c45)ccc2c3-c2ccc3c(c2)oc2ccccc23)cc1. The average Bonchev–Trinajstić information content (AvgIpc) is 3.95. The molecule has 2 nitrogen and oxygen atoms in total. The maximum absolute atomic E-state index is 6.56. The van der Waals surface area contributed by atoms with Crippen LogP contribution in [-0.2, 0) is 5.41 Å². The van der Waals surface area contributed by atoms with Crippen LogP contribution in [0, 0.1) is 0 Å². The van der Waals surface area contributed by atoms with E-state index < -0.39 is 5.41 Å². The lowest BCUT2D eigenvalue weighted by Crippen LogP contribution is -2.28. The number of furan rings is 2. The Kier molecular flexibility index (Phi) is 6.68. The highest BCUT2D eigenvalue weighted by Gasteiger charge is 2.47. The maximum Gasteiger partial charge on any atom is 0.136 e. The van der Waals surface area contributed by atoms with Gasteiger partial charge in [-0.15, -0.1) is 0 Å². The molecule has 0 saturated carbocycles. The molecule has 0 fully saturated rings. The van der Waals surface area contributed by atoms with Crippen LogP contribution in [0.15, 0.2) is 215 Å². The van der Waals surface area contributed by atoms with Crippen molar-refractivity contribution in [2.75, 3.05) is 0 Å². The molecule has 0 amide bonds. The Morgan fingerprint density at radius 2 is 0.915 bits per heavy atom. The summed E-state index contributed by atoms with van der Waals surface area (Å²) in [7, 11) is 0. The second kappa shape index (κ2) is 12.2. The summed E-state index contributed by atoms with van der Waals surface area (Å²) in [6.45, 7) is 0. The van der Waals surface area contributed by atoms with Crippen LogP contribution < -0.4 is 0 Å². The molecule has 0 aliphatic heterocycles. The number of benzene rings is 10. The molecular formula is C57H34O2. The van der Waals surface area contributed by atoms with Crippen molar-refractivity contribution in [3.63, 3.8) is 0 Å². The zero-order valence-corrected chi connectivity index (χ0v) is 31.9. The highest BCUT2D eigenvalue weighted by atomic mass is 16.3. The molecule has 0 N–H and O–H groups in total. The van der Waals surface area contributed by atoms with Crippen molar-refractivity contribution in [3.05, 3.63) is 229 Å². The van der Waals surface area contributed by atoms with Crippen LogP contribution in [0.4, 0.5) is 0 Å². The standard InChI is InChI=1S/C57H34O2/c1-3-16-40(17-4-1)57(41-18-5-2-6-19-41)48-23-11-9-21-46(48)56-49(57)32-39-30-37(42-22-13-25-51-55(42)47-31-35-14-7-8-15-36(35)33-53(47)59-51)26-28-43(39)54(56)38-27-29-45-44-20-10-12-24-50(44)58-52(45)34-38/h1-34H. The predicted molar refractivity (Wildman–Crippen MR) is 244 cm³/mol. The summed E-state index contributed by atoms with van der Waals surface area (Å²) in [5.41, 5.74) is 15.3. The van der Waals surface area contributed by atoms with Crippen LogP contribution in [0.1, 0.15) is 22.3 Å². The highest BCUT2D eigenvalue weighted by Crippen LogP contribution is 2.60. The van der Waals surface area contributed by atoms with Gasteiger partial charge in [-0.3, -0.25) is 0 Å². The van der Waals surface area contributed by atoms with E-state index in [0.29, 0.717) is 0 Å². The van der Waals surface area contributed by atoms with Gasteiger partial charge >= 0.3 is 0 Å². The Hall–Kier alpha value is -7.68. The first kappa shape index (κ1) is 32.4. The fourth-order valence-corrected chi connectivity index (χ4v) is 10.4. The molecule has 1 aliphatic rings. The molecule has 10 aromatic carbocycles. The van der Waals surface area contributed by atoms with Gasteiger partial charge in [-0.05, 0) is 126 Å². The first-order valence-corrected chi connectivity index (χ1v) is 20.3. The van der Waals surface area contributed by atoms with E-state index in [2.05, 4.69) is 200 Å². The number of hydrogen-bond acceptors (Lipinski definition) is 2. The van der Waals surface area contributed by atoms with Crippen LogP contribution in [0.2, 0.25) is 0 Å². The molecule has 0 saturated heterocycles. The highest BCUT2D eigenvalue weighted by molar-refractivity contribution is 6.17. The monoisotopic (exact) mass is 750 g/mol. The van der Waals surface area contributed by atoms with Crippen LogP contribution in [0.3, 0.4) is 0 Å². The number of rotatable bonds is 4. The van der Waals surface area contributed by atoms with Gasteiger partial charge in [0.2, 0.25) is 0 Å². The van der Waals surface area contributed by atoms with E-state index in [4.69, 9.17) is 8.83 Å². The zero-order valence-electron chi connectivity index (χ0n) is 31.9. The van der Waals surface area contributed by atoms with Crippen molar-refractivity contribution in [3.8, 4) is 33.4 Å². The largest absolute Gasteiger partial charge is 0.456 e. The van der Waals surface area contributed by atoms with E-state index in [9.17, 15) is 0 Å². The zero-order chi connectivity index (χ0) is 38.7. The lowest BCUT2D eigenvalue weighted by Gasteiger charge is -2.34. The summed E-state index contributed by atoms with van der Waals surface area (Å²) in [5.74, 6) is 0. The van der Waals surface area contributed by atoms with Crippen molar-refractivity contribution in [1.82, 2.24) is 0 Å². The Morgan fingerprint density at radius 1 is 0.305 bits per heavy atom. The topological polar surface area (TPSA) is 26.3 Å². The van der Waals surface area contributed by atoms with Crippen LogP contribution in [-0.4, -0.2) is 0 Å². The quantitative estimate of drug-likeness (QED) is 0.179. The van der Waals surface area contributed by atoms with Crippen LogP contribution in [0.25, 0.3) is 98.8 Å². The predicted octanol–water partition coefficient (Wildman–Crippen LogP) is 15.5. The van der Waals surface area contributed by atoms with Crippen molar-refractivity contribution in [2.24, 2.45) is 0 Å². The molecule has 0 bridgehead atoms. The molecular weight excluding hydrogens is 717 g/mol. The Balaban J connectivity index is 1.15. The van der Waals surface area contributed by atoms with Gasteiger partial charge < -0.3 is 8.83 Å².